The molecule has 1 unspecified atom stereocenters. The molecule has 112 valence electrons. The summed E-state index contributed by atoms with van der Waals surface area (Å²) in [6, 6.07) is 6.61. The number of aliphatic carboxylic acids is 1. The van der Waals surface area contributed by atoms with Gasteiger partial charge in [0.05, 0.1) is 24.3 Å². The van der Waals surface area contributed by atoms with Gasteiger partial charge < -0.3 is 14.6 Å². The van der Waals surface area contributed by atoms with Crippen LogP contribution in [0.2, 0.25) is 0 Å². The van der Waals surface area contributed by atoms with Gasteiger partial charge in [-0.25, -0.2) is 4.79 Å². The first kappa shape index (κ1) is 15.1. The molecule has 1 aliphatic rings. The van der Waals surface area contributed by atoms with Crippen LogP contribution in [0.5, 0.6) is 0 Å². The second kappa shape index (κ2) is 6.47. The summed E-state index contributed by atoms with van der Waals surface area (Å²) in [5.74, 6) is -1.79. The Labute approximate surface area is 121 Å². The van der Waals surface area contributed by atoms with Crippen molar-refractivity contribution in [2.24, 2.45) is 0 Å². The van der Waals surface area contributed by atoms with Crippen molar-refractivity contribution in [2.45, 2.75) is 13.2 Å². The Hall–Kier alpha value is -2.25. The fraction of sp³-hybridized carbons (Fsp3) is 0.357. The van der Waals surface area contributed by atoms with Crippen molar-refractivity contribution in [3.8, 4) is 0 Å². The highest BCUT2D eigenvalue weighted by Crippen LogP contribution is 2.21. The topological polar surface area (TPSA) is 93.1 Å². The van der Waals surface area contributed by atoms with E-state index in [1.165, 1.54) is 0 Å². The molecule has 0 radical (unpaired) electrons. The number of ether oxygens (including phenoxy) is 2. The maximum absolute atomic E-state index is 12.0. The Morgan fingerprint density at radius 3 is 2.29 bits per heavy atom. The van der Waals surface area contributed by atoms with E-state index in [1.807, 2.05) is 0 Å². The first-order valence-electron chi connectivity index (χ1n) is 6.41. The smallest absolute Gasteiger partial charge is 0.329 e. The number of carboxylic acid groups (broad SMARTS) is 1. The predicted molar refractivity (Wildman–Crippen MR) is 70.8 cm³/mol. The number of hydrogen-bond donors (Lipinski definition) is 1. The second-order valence-corrected chi connectivity index (χ2v) is 4.45. The van der Waals surface area contributed by atoms with Gasteiger partial charge in [0.1, 0.15) is 6.61 Å². The number of imide groups is 1. The number of nitrogens with zero attached hydrogens (tertiary/aromatic N) is 1. The molecule has 0 bridgehead atoms. The number of amides is 2. The summed E-state index contributed by atoms with van der Waals surface area (Å²) in [6.07, 6.45) is -0.726. The third-order valence-electron chi connectivity index (χ3n) is 2.99. The molecule has 2 amide bonds. The zero-order valence-corrected chi connectivity index (χ0v) is 11.4. The van der Waals surface area contributed by atoms with Crippen LogP contribution in [0.3, 0.4) is 0 Å². The lowest BCUT2D eigenvalue weighted by Crippen LogP contribution is -2.34. The van der Waals surface area contributed by atoms with Gasteiger partial charge in [0.25, 0.3) is 11.8 Å². The second-order valence-electron chi connectivity index (χ2n) is 4.45. The van der Waals surface area contributed by atoms with Crippen molar-refractivity contribution in [3.63, 3.8) is 0 Å². The van der Waals surface area contributed by atoms with Crippen LogP contribution < -0.4 is 0 Å². The fourth-order valence-corrected chi connectivity index (χ4v) is 1.99. The Kier molecular flexibility index (Phi) is 4.66. The van der Waals surface area contributed by atoms with Gasteiger partial charge in [-0.3, -0.25) is 14.5 Å². The highest BCUT2D eigenvalue weighted by molar-refractivity contribution is 6.21. The van der Waals surface area contributed by atoms with Crippen molar-refractivity contribution in [1.29, 1.82) is 0 Å². The van der Waals surface area contributed by atoms with Crippen LogP contribution in [0.25, 0.3) is 0 Å². The molecule has 1 atom stereocenters. The molecule has 1 N–H and O–H groups in total. The quantitative estimate of drug-likeness (QED) is 0.589. The van der Waals surface area contributed by atoms with E-state index >= 15 is 0 Å². The SMILES string of the molecule is CC(OCCN1C(=O)c2ccccc2C1=O)OCC(=O)O. The maximum Gasteiger partial charge on any atom is 0.329 e. The molecule has 1 aromatic carbocycles. The van der Waals surface area contributed by atoms with Crippen molar-refractivity contribution >= 4 is 17.8 Å². The highest BCUT2D eigenvalue weighted by Gasteiger charge is 2.34. The molecule has 21 heavy (non-hydrogen) atoms. The normalized spacial score (nSPS) is 15.2. The van der Waals surface area contributed by atoms with Gasteiger partial charge >= 0.3 is 5.97 Å². The van der Waals surface area contributed by atoms with E-state index in [0.29, 0.717) is 11.1 Å². The van der Waals surface area contributed by atoms with Crippen molar-refractivity contribution in [2.75, 3.05) is 19.8 Å². The third kappa shape index (κ3) is 3.45. The first-order valence-corrected chi connectivity index (χ1v) is 6.41. The van der Waals surface area contributed by atoms with Gasteiger partial charge in [-0.1, -0.05) is 12.1 Å². The van der Waals surface area contributed by atoms with Crippen molar-refractivity contribution < 1.29 is 29.0 Å². The average Bonchev–Trinajstić information content (AvgIpc) is 2.70. The zero-order chi connectivity index (χ0) is 15.4. The van der Waals surface area contributed by atoms with Gasteiger partial charge in [0.15, 0.2) is 6.29 Å². The fourth-order valence-electron chi connectivity index (χ4n) is 1.99. The molecular weight excluding hydrogens is 278 g/mol. The molecule has 0 saturated carbocycles. The molecule has 0 aromatic heterocycles. The van der Waals surface area contributed by atoms with Gasteiger partial charge in [-0.05, 0) is 19.1 Å². The van der Waals surface area contributed by atoms with Crippen molar-refractivity contribution in [1.82, 2.24) is 4.90 Å². The molecule has 1 aliphatic heterocycles. The Bertz CT molecular complexity index is 535. The van der Waals surface area contributed by atoms with Crippen LogP contribution in [0.4, 0.5) is 0 Å². The highest BCUT2D eigenvalue weighted by atomic mass is 16.7. The standard InChI is InChI=1S/C14H15NO6/c1-9(21-8-12(16)17)20-7-6-15-13(18)10-4-2-3-5-11(10)14(15)19/h2-5,9H,6-8H2,1H3,(H,16,17). The van der Waals surface area contributed by atoms with E-state index in [2.05, 4.69) is 0 Å². The number of fused-ring (bicyclic) bond motifs is 1. The lowest BCUT2D eigenvalue weighted by atomic mass is 10.1. The molecule has 0 saturated heterocycles. The summed E-state index contributed by atoms with van der Waals surface area (Å²) in [5, 5.41) is 8.45. The van der Waals surface area contributed by atoms with E-state index < -0.39 is 18.9 Å². The van der Waals surface area contributed by atoms with Crippen LogP contribution in [0.15, 0.2) is 24.3 Å². The predicted octanol–water partition coefficient (Wildman–Crippen LogP) is 0.746. The molecule has 0 fully saturated rings. The number of carboxylic acids is 1. The van der Waals surface area contributed by atoms with E-state index in [-0.39, 0.29) is 25.0 Å². The minimum atomic E-state index is -1.09. The van der Waals surface area contributed by atoms with E-state index in [1.54, 1.807) is 31.2 Å². The molecule has 1 heterocycles. The Morgan fingerprint density at radius 2 is 1.76 bits per heavy atom. The maximum atomic E-state index is 12.0. The third-order valence-corrected chi connectivity index (χ3v) is 2.99. The van der Waals surface area contributed by atoms with Gasteiger partial charge in [-0.2, -0.15) is 0 Å². The van der Waals surface area contributed by atoms with Gasteiger partial charge in [-0.15, -0.1) is 0 Å². The summed E-state index contributed by atoms with van der Waals surface area (Å²) >= 11 is 0. The van der Waals surface area contributed by atoms with Crippen molar-refractivity contribution in [3.05, 3.63) is 35.4 Å². The Balaban J connectivity index is 1.84. The van der Waals surface area contributed by atoms with E-state index in [9.17, 15) is 14.4 Å². The molecule has 7 heteroatoms. The number of hydrogen-bond acceptors (Lipinski definition) is 5. The summed E-state index contributed by atoms with van der Waals surface area (Å²) < 4.78 is 10.1. The van der Waals surface area contributed by atoms with Crippen LogP contribution in [0, 0.1) is 0 Å². The van der Waals surface area contributed by atoms with Gasteiger partial charge in [0, 0.05) is 0 Å². The molecule has 2 rings (SSSR count). The van der Waals surface area contributed by atoms with E-state index in [4.69, 9.17) is 14.6 Å². The minimum absolute atomic E-state index is 0.0756. The summed E-state index contributed by atoms with van der Waals surface area (Å²) in [5.41, 5.74) is 0.773. The molecule has 0 aliphatic carbocycles. The van der Waals surface area contributed by atoms with Crippen LogP contribution in [-0.4, -0.2) is 53.8 Å². The minimum Gasteiger partial charge on any atom is -0.480 e. The largest absolute Gasteiger partial charge is 0.480 e. The van der Waals surface area contributed by atoms with E-state index in [0.717, 1.165) is 4.90 Å². The zero-order valence-electron chi connectivity index (χ0n) is 11.4. The number of rotatable bonds is 7. The summed E-state index contributed by atoms with van der Waals surface area (Å²) in [7, 11) is 0. The monoisotopic (exact) mass is 293 g/mol. The molecule has 1 aromatic rings. The van der Waals surface area contributed by atoms with Crippen LogP contribution in [-0.2, 0) is 14.3 Å². The number of carbonyl (C=O) groups excluding carboxylic acids is 2. The molecule has 7 nitrogen and oxygen atoms in total. The lowest BCUT2D eigenvalue weighted by molar-refractivity contribution is -0.163. The lowest BCUT2D eigenvalue weighted by Gasteiger charge is -2.16. The average molecular weight is 293 g/mol. The summed E-state index contributed by atoms with van der Waals surface area (Å²) in [6.45, 7) is 1.25. The number of benzene rings is 1. The summed E-state index contributed by atoms with van der Waals surface area (Å²) in [4.78, 5) is 35.5. The molecular formula is C14H15NO6. The number of carbonyl (C=O) groups is 3. The molecule has 0 spiro atoms. The van der Waals surface area contributed by atoms with Crippen LogP contribution >= 0.6 is 0 Å². The first-order chi connectivity index (χ1) is 10.0. The van der Waals surface area contributed by atoms with Crippen LogP contribution in [0.1, 0.15) is 27.6 Å². The van der Waals surface area contributed by atoms with Gasteiger partial charge in [0.2, 0.25) is 0 Å². The Morgan fingerprint density at radius 1 is 1.19 bits per heavy atom.